The topological polar surface area (TPSA) is 43.2 Å². The fourth-order valence-electron chi connectivity index (χ4n) is 2.81. The summed E-state index contributed by atoms with van der Waals surface area (Å²) in [4.78, 5) is 11.2. The molecule has 0 bridgehead atoms. The summed E-state index contributed by atoms with van der Waals surface area (Å²) in [6.45, 7) is 5.75. The van der Waals surface area contributed by atoms with Crippen molar-refractivity contribution in [1.29, 1.82) is 0 Å². The molecule has 0 unspecified atom stereocenters. The van der Waals surface area contributed by atoms with Crippen molar-refractivity contribution in [2.24, 2.45) is 0 Å². The summed E-state index contributed by atoms with van der Waals surface area (Å²) in [6, 6.07) is 4.42. The highest BCUT2D eigenvalue weighted by atomic mass is 16.5. The Hall–Kier alpha value is -1.72. The SMILES string of the molecule is COCc1cnc2n1CCN(Cc1cccnc1)[C@H]2C. The fourth-order valence-corrected chi connectivity index (χ4v) is 2.81. The van der Waals surface area contributed by atoms with Crippen molar-refractivity contribution in [3.05, 3.63) is 47.8 Å². The molecule has 0 fully saturated rings. The zero-order valence-electron chi connectivity index (χ0n) is 12.0. The van der Waals surface area contributed by atoms with Crippen molar-refractivity contribution in [3.63, 3.8) is 0 Å². The molecule has 0 spiro atoms. The average Bonchev–Trinajstić information content (AvgIpc) is 2.88. The van der Waals surface area contributed by atoms with E-state index in [0.29, 0.717) is 12.6 Å². The Morgan fingerprint density at radius 3 is 3.00 bits per heavy atom. The second-order valence-corrected chi connectivity index (χ2v) is 5.20. The van der Waals surface area contributed by atoms with Crippen molar-refractivity contribution in [2.45, 2.75) is 32.7 Å². The molecule has 0 radical (unpaired) electrons. The molecule has 2 aromatic heterocycles. The third kappa shape index (κ3) is 2.46. The second-order valence-electron chi connectivity index (χ2n) is 5.20. The van der Waals surface area contributed by atoms with Gasteiger partial charge in [-0.2, -0.15) is 0 Å². The van der Waals surface area contributed by atoms with Crippen LogP contribution < -0.4 is 0 Å². The fraction of sp³-hybridized carbons (Fsp3) is 0.467. The van der Waals surface area contributed by atoms with Gasteiger partial charge in [0, 0.05) is 39.1 Å². The van der Waals surface area contributed by atoms with Gasteiger partial charge in [0.2, 0.25) is 0 Å². The standard InChI is InChI=1S/C15H20N4O/c1-12-15-17-9-14(11-20-2)19(15)7-6-18(12)10-13-4-3-5-16-8-13/h3-5,8-9,12H,6-7,10-11H2,1-2H3/t12-/m0/s1. The third-order valence-electron chi connectivity index (χ3n) is 3.90. The molecule has 0 N–H and O–H groups in total. The zero-order valence-corrected chi connectivity index (χ0v) is 12.0. The molecular weight excluding hydrogens is 252 g/mol. The van der Waals surface area contributed by atoms with E-state index in [1.165, 1.54) is 5.56 Å². The number of methoxy groups -OCH3 is 1. The first-order valence-corrected chi connectivity index (χ1v) is 6.96. The molecule has 1 atom stereocenters. The van der Waals surface area contributed by atoms with Gasteiger partial charge >= 0.3 is 0 Å². The van der Waals surface area contributed by atoms with E-state index >= 15 is 0 Å². The van der Waals surface area contributed by atoms with Gasteiger partial charge in [0.25, 0.3) is 0 Å². The molecule has 5 nitrogen and oxygen atoms in total. The van der Waals surface area contributed by atoms with Crippen LogP contribution in [0.2, 0.25) is 0 Å². The molecule has 1 aliphatic rings. The molecule has 3 heterocycles. The molecule has 2 aromatic rings. The van der Waals surface area contributed by atoms with E-state index < -0.39 is 0 Å². The lowest BCUT2D eigenvalue weighted by molar-refractivity contribution is 0.143. The highest BCUT2D eigenvalue weighted by molar-refractivity contribution is 5.13. The van der Waals surface area contributed by atoms with Gasteiger partial charge in [0.15, 0.2) is 0 Å². The van der Waals surface area contributed by atoms with Crippen LogP contribution >= 0.6 is 0 Å². The summed E-state index contributed by atoms with van der Waals surface area (Å²) in [5, 5.41) is 0. The summed E-state index contributed by atoms with van der Waals surface area (Å²) in [6.07, 6.45) is 5.68. The quantitative estimate of drug-likeness (QED) is 0.854. The van der Waals surface area contributed by atoms with Gasteiger partial charge in [0.05, 0.1) is 24.5 Å². The number of hydrogen-bond donors (Lipinski definition) is 0. The van der Waals surface area contributed by atoms with Crippen LogP contribution in [0, 0.1) is 0 Å². The number of ether oxygens (including phenoxy) is 1. The number of nitrogens with zero attached hydrogens (tertiary/aromatic N) is 4. The van der Waals surface area contributed by atoms with Crippen molar-refractivity contribution in [3.8, 4) is 0 Å². The van der Waals surface area contributed by atoms with Crippen LogP contribution in [0.25, 0.3) is 0 Å². The molecule has 0 saturated carbocycles. The Balaban J connectivity index is 1.77. The highest BCUT2D eigenvalue weighted by Gasteiger charge is 2.26. The average molecular weight is 272 g/mol. The minimum absolute atomic E-state index is 0.314. The largest absolute Gasteiger partial charge is 0.378 e. The van der Waals surface area contributed by atoms with Crippen molar-refractivity contribution >= 4 is 0 Å². The zero-order chi connectivity index (χ0) is 13.9. The van der Waals surface area contributed by atoms with E-state index in [0.717, 1.165) is 31.2 Å². The third-order valence-corrected chi connectivity index (χ3v) is 3.90. The lowest BCUT2D eigenvalue weighted by Crippen LogP contribution is -2.37. The molecule has 0 saturated heterocycles. The van der Waals surface area contributed by atoms with Gasteiger partial charge in [-0.3, -0.25) is 9.88 Å². The minimum atomic E-state index is 0.314. The maximum Gasteiger partial charge on any atom is 0.126 e. The molecule has 0 aliphatic carbocycles. The molecule has 20 heavy (non-hydrogen) atoms. The summed E-state index contributed by atoms with van der Waals surface area (Å²) in [5.41, 5.74) is 2.41. The molecule has 0 aromatic carbocycles. The number of aromatic nitrogens is 3. The first kappa shape index (κ1) is 13.3. The normalized spacial score (nSPS) is 19.0. The van der Waals surface area contributed by atoms with Crippen molar-refractivity contribution in [1.82, 2.24) is 19.4 Å². The Morgan fingerprint density at radius 2 is 2.25 bits per heavy atom. The predicted octanol–water partition coefficient (Wildman–Crippen LogP) is 2.00. The molecule has 0 amide bonds. The summed E-state index contributed by atoms with van der Waals surface area (Å²) in [5.74, 6) is 1.13. The van der Waals surface area contributed by atoms with E-state index in [9.17, 15) is 0 Å². The molecule has 106 valence electrons. The van der Waals surface area contributed by atoms with E-state index in [4.69, 9.17) is 4.74 Å². The summed E-state index contributed by atoms with van der Waals surface area (Å²) >= 11 is 0. The summed E-state index contributed by atoms with van der Waals surface area (Å²) in [7, 11) is 1.72. The number of fused-ring (bicyclic) bond motifs is 1. The lowest BCUT2D eigenvalue weighted by Gasteiger charge is -2.34. The van der Waals surface area contributed by atoms with Crippen LogP contribution in [0.15, 0.2) is 30.7 Å². The Labute approximate surface area is 119 Å². The van der Waals surface area contributed by atoms with Gasteiger partial charge in [-0.05, 0) is 18.6 Å². The molecule has 1 aliphatic heterocycles. The lowest BCUT2D eigenvalue weighted by atomic mass is 10.1. The summed E-state index contributed by atoms with van der Waals surface area (Å²) < 4.78 is 7.51. The number of rotatable bonds is 4. The van der Waals surface area contributed by atoms with Crippen LogP contribution in [0.4, 0.5) is 0 Å². The minimum Gasteiger partial charge on any atom is -0.378 e. The number of pyridine rings is 1. The van der Waals surface area contributed by atoms with E-state index in [2.05, 4.69) is 32.4 Å². The maximum atomic E-state index is 5.23. The van der Waals surface area contributed by atoms with Gasteiger partial charge in [0.1, 0.15) is 5.82 Å². The first-order chi connectivity index (χ1) is 9.79. The van der Waals surface area contributed by atoms with Crippen molar-refractivity contribution in [2.75, 3.05) is 13.7 Å². The highest BCUT2D eigenvalue weighted by Crippen LogP contribution is 2.26. The first-order valence-electron chi connectivity index (χ1n) is 6.96. The monoisotopic (exact) mass is 272 g/mol. The molecule has 5 heteroatoms. The smallest absolute Gasteiger partial charge is 0.126 e. The van der Waals surface area contributed by atoms with Crippen LogP contribution in [0.3, 0.4) is 0 Å². The van der Waals surface area contributed by atoms with Gasteiger partial charge in [-0.25, -0.2) is 4.98 Å². The number of hydrogen-bond acceptors (Lipinski definition) is 4. The van der Waals surface area contributed by atoms with Crippen LogP contribution in [0.5, 0.6) is 0 Å². The Morgan fingerprint density at radius 1 is 1.35 bits per heavy atom. The van der Waals surface area contributed by atoms with Gasteiger partial charge in [-0.15, -0.1) is 0 Å². The van der Waals surface area contributed by atoms with E-state index in [1.807, 2.05) is 24.7 Å². The maximum absolute atomic E-state index is 5.23. The van der Waals surface area contributed by atoms with Crippen molar-refractivity contribution < 1.29 is 4.74 Å². The van der Waals surface area contributed by atoms with Gasteiger partial charge < -0.3 is 9.30 Å². The predicted molar refractivity (Wildman–Crippen MR) is 76.0 cm³/mol. The second kappa shape index (κ2) is 5.73. The molecule has 3 rings (SSSR count). The van der Waals surface area contributed by atoms with E-state index in [-0.39, 0.29) is 0 Å². The molecular formula is C15H20N4O. The van der Waals surface area contributed by atoms with E-state index in [1.54, 1.807) is 7.11 Å². The van der Waals surface area contributed by atoms with Crippen LogP contribution in [0.1, 0.15) is 30.0 Å². The van der Waals surface area contributed by atoms with Crippen LogP contribution in [-0.2, 0) is 24.4 Å². The Bertz CT molecular complexity index is 567. The Kier molecular flexibility index (Phi) is 3.80. The van der Waals surface area contributed by atoms with Gasteiger partial charge in [-0.1, -0.05) is 6.07 Å². The van der Waals surface area contributed by atoms with Crippen LogP contribution in [-0.4, -0.2) is 33.1 Å². The number of imidazole rings is 1.